The summed E-state index contributed by atoms with van der Waals surface area (Å²) in [6, 6.07) is 31.3. The number of aromatic nitrogens is 2. The normalized spacial score (nSPS) is 13.7. The molecule has 0 bridgehead atoms. The molecule has 2 aromatic heterocycles. The van der Waals surface area contributed by atoms with Crippen molar-refractivity contribution >= 4 is 38.9 Å². The molecule has 45 heavy (non-hydrogen) atoms. The second kappa shape index (κ2) is 13.5. The van der Waals surface area contributed by atoms with Crippen LogP contribution >= 0.6 is 11.3 Å². The van der Waals surface area contributed by atoms with Crippen LogP contribution in [0.4, 0.5) is 5.69 Å². The van der Waals surface area contributed by atoms with Crippen molar-refractivity contribution in [3.63, 3.8) is 0 Å². The molecule has 0 unspecified atom stereocenters. The quantitative estimate of drug-likeness (QED) is 0.240. The first kappa shape index (κ1) is 31.1. The van der Waals surface area contributed by atoms with Crippen molar-refractivity contribution in [3.8, 4) is 17.5 Å². The van der Waals surface area contributed by atoms with E-state index in [1.807, 2.05) is 78.2 Å². The molecule has 0 fully saturated rings. The maximum absolute atomic E-state index is 13.8. The van der Waals surface area contributed by atoms with Gasteiger partial charge in [0.2, 0.25) is 10.0 Å². The standard InChI is InChI=1S/C24H24N4O3S.C9H5N3S/c1-2-32(30,31)27-21-15-9-10-18(16-21)17-28-22(29)24(26-23(28)25,19-11-5-3-6-12-19)20-13-7-4-8-14-20;10-6-8-7(2-5-13-8)9-11-3-1-4-12-9/h3-16,27H,2,17H2,1H3,(H2,25,26);1-5H. The van der Waals surface area contributed by atoms with E-state index in [-0.39, 0.29) is 24.2 Å². The highest BCUT2D eigenvalue weighted by molar-refractivity contribution is 7.92. The van der Waals surface area contributed by atoms with Crippen LogP contribution in [0.5, 0.6) is 0 Å². The fourth-order valence-electron chi connectivity index (χ4n) is 4.81. The predicted octanol–water partition coefficient (Wildman–Crippen LogP) is 5.13. The largest absolute Gasteiger partial charge is 0.369 e. The Morgan fingerprint density at radius 3 is 2.18 bits per heavy atom. The summed E-state index contributed by atoms with van der Waals surface area (Å²) in [4.78, 5) is 28.7. The van der Waals surface area contributed by atoms with Gasteiger partial charge in [0.1, 0.15) is 10.9 Å². The SMILES string of the molecule is CCS(=O)(=O)Nc1cccc(CN2C(=O)C(c3ccccc3)(c3ccccc3)N=C2N)c1.N#Cc1sccc1-c1ncccn1. The zero-order valence-electron chi connectivity index (χ0n) is 24.2. The zero-order valence-corrected chi connectivity index (χ0v) is 25.9. The summed E-state index contributed by atoms with van der Waals surface area (Å²) < 4.78 is 26.4. The second-order valence-electron chi connectivity index (χ2n) is 9.86. The zero-order chi connectivity index (χ0) is 31.9. The van der Waals surface area contributed by atoms with Crippen LogP contribution in [0, 0.1) is 11.3 Å². The second-order valence-corrected chi connectivity index (χ2v) is 12.8. The molecule has 0 aliphatic carbocycles. The number of carbonyl (C=O) groups is 1. The van der Waals surface area contributed by atoms with E-state index in [0.29, 0.717) is 16.4 Å². The molecule has 6 rings (SSSR count). The Balaban J connectivity index is 0.000000256. The van der Waals surface area contributed by atoms with Crippen molar-refractivity contribution in [1.82, 2.24) is 14.9 Å². The van der Waals surface area contributed by atoms with Gasteiger partial charge in [0.25, 0.3) is 5.91 Å². The summed E-state index contributed by atoms with van der Waals surface area (Å²) in [7, 11) is -3.41. The van der Waals surface area contributed by atoms with E-state index in [0.717, 1.165) is 22.3 Å². The van der Waals surface area contributed by atoms with Gasteiger partial charge in [-0.3, -0.25) is 14.4 Å². The van der Waals surface area contributed by atoms with E-state index >= 15 is 0 Å². The molecule has 12 heteroatoms. The fraction of sp³-hybridized carbons (Fsp3) is 0.121. The average Bonchev–Trinajstić information content (AvgIpc) is 3.65. The summed E-state index contributed by atoms with van der Waals surface area (Å²) in [5.74, 6) is 0.437. The van der Waals surface area contributed by atoms with E-state index in [1.165, 1.54) is 16.2 Å². The number of thiophene rings is 1. The molecule has 1 aliphatic heterocycles. The van der Waals surface area contributed by atoms with Crippen molar-refractivity contribution < 1.29 is 13.2 Å². The molecule has 3 aromatic carbocycles. The van der Waals surface area contributed by atoms with Crippen molar-refractivity contribution in [2.75, 3.05) is 10.5 Å². The number of anilines is 1. The van der Waals surface area contributed by atoms with Crippen LogP contribution in [-0.2, 0) is 26.9 Å². The van der Waals surface area contributed by atoms with E-state index in [4.69, 9.17) is 11.0 Å². The third kappa shape index (κ3) is 6.75. The van der Waals surface area contributed by atoms with E-state index < -0.39 is 15.6 Å². The topological polar surface area (TPSA) is 154 Å². The molecular weight excluding hydrogens is 607 g/mol. The molecule has 10 nitrogen and oxygen atoms in total. The number of nitrogens with one attached hydrogen (secondary N) is 1. The van der Waals surface area contributed by atoms with Gasteiger partial charge < -0.3 is 5.73 Å². The molecule has 1 amide bonds. The lowest BCUT2D eigenvalue weighted by Gasteiger charge is -2.27. The molecule has 0 spiro atoms. The van der Waals surface area contributed by atoms with Crippen LogP contribution in [-0.4, -0.2) is 40.9 Å². The highest BCUT2D eigenvalue weighted by Gasteiger charge is 2.50. The molecule has 226 valence electrons. The summed E-state index contributed by atoms with van der Waals surface area (Å²) >= 11 is 1.40. The number of nitrogens with two attached hydrogens (primary N) is 1. The van der Waals surface area contributed by atoms with Gasteiger partial charge in [-0.25, -0.2) is 23.4 Å². The number of hydrogen-bond donors (Lipinski definition) is 2. The van der Waals surface area contributed by atoms with Crippen molar-refractivity contribution in [2.45, 2.75) is 19.0 Å². The Labute approximate surface area is 265 Å². The molecule has 0 saturated carbocycles. The molecular formula is C33H29N7O3S2. The Morgan fingerprint density at radius 1 is 0.933 bits per heavy atom. The molecule has 0 atom stereocenters. The molecule has 5 aromatic rings. The van der Waals surface area contributed by atoms with Gasteiger partial charge in [0.15, 0.2) is 17.3 Å². The van der Waals surface area contributed by atoms with Crippen LogP contribution < -0.4 is 10.5 Å². The average molecular weight is 636 g/mol. The minimum absolute atomic E-state index is 0.0296. The monoisotopic (exact) mass is 635 g/mol. The lowest BCUT2D eigenvalue weighted by atomic mass is 9.83. The summed E-state index contributed by atoms with van der Waals surface area (Å²) in [5.41, 5.74) is 8.43. The van der Waals surface area contributed by atoms with Crippen molar-refractivity contribution in [1.29, 1.82) is 5.26 Å². The lowest BCUT2D eigenvalue weighted by molar-refractivity contribution is -0.130. The maximum atomic E-state index is 13.8. The predicted molar refractivity (Wildman–Crippen MR) is 175 cm³/mol. The smallest absolute Gasteiger partial charge is 0.266 e. The van der Waals surface area contributed by atoms with Crippen LogP contribution in [0.2, 0.25) is 0 Å². The van der Waals surface area contributed by atoms with Crippen molar-refractivity contribution in [2.24, 2.45) is 10.7 Å². The minimum Gasteiger partial charge on any atom is -0.369 e. The molecule has 0 saturated heterocycles. The number of hydrogen-bond acceptors (Lipinski definition) is 9. The van der Waals surface area contributed by atoms with Crippen LogP contribution in [0.3, 0.4) is 0 Å². The molecule has 0 radical (unpaired) electrons. The van der Waals surface area contributed by atoms with Gasteiger partial charge in [0, 0.05) is 23.6 Å². The lowest BCUT2D eigenvalue weighted by Crippen LogP contribution is -2.43. The first-order valence-electron chi connectivity index (χ1n) is 13.9. The number of amides is 1. The Hall–Kier alpha value is -5.38. The number of rotatable bonds is 8. The Bertz CT molecular complexity index is 1920. The Morgan fingerprint density at radius 2 is 1.58 bits per heavy atom. The first-order valence-corrected chi connectivity index (χ1v) is 16.4. The number of nitrogens with zero attached hydrogens (tertiary/aromatic N) is 5. The van der Waals surface area contributed by atoms with E-state index in [1.54, 1.807) is 43.6 Å². The third-order valence-electron chi connectivity index (χ3n) is 6.99. The number of nitriles is 1. The maximum Gasteiger partial charge on any atom is 0.266 e. The highest BCUT2D eigenvalue weighted by Crippen LogP contribution is 2.40. The first-order chi connectivity index (χ1) is 21.8. The summed E-state index contributed by atoms with van der Waals surface area (Å²) in [6.07, 6.45) is 3.34. The Kier molecular flexibility index (Phi) is 9.32. The van der Waals surface area contributed by atoms with Crippen LogP contribution in [0.15, 0.2) is 120 Å². The fourth-order valence-corrected chi connectivity index (χ4v) is 6.12. The molecule has 3 N–H and O–H groups in total. The third-order valence-corrected chi connectivity index (χ3v) is 9.12. The van der Waals surface area contributed by atoms with Gasteiger partial charge in [-0.1, -0.05) is 72.8 Å². The number of sulfonamides is 1. The summed E-state index contributed by atoms with van der Waals surface area (Å²) in [6.45, 7) is 1.73. The van der Waals surface area contributed by atoms with Gasteiger partial charge in [-0.15, -0.1) is 11.3 Å². The van der Waals surface area contributed by atoms with Gasteiger partial charge >= 0.3 is 0 Å². The highest BCUT2D eigenvalue weighted by atomic mass is 32.2. The van der Waals surface area contributed by atoms with Crippen LogP contribution in [0.1, 0.15) is 28.5 Å². The molecule has 1 aliphatic rings. The van der Waals surface area contributed by atoms with Gasteiger partial charge in [-0.2, -0.15) is 5.26 Å². The van der Waals surface area contributed by atoms with Crippen LogP contribution in [0.25, 0.3) is 11.4 Å². The van der Waals surface area contributed by atoms with Gasteiger partial charge in [0.05, 0.1) is 12.3 Å². The number of aliphatic imine (C=N–C) groups is 1. The van der Waals surface area contributed by atoms with Crippen molar-refractivity contribution in [3.05, 3.63) is 136 Å². The van der Waals surface area contributed by atoms with E-state index in [2.05, 4.69) is 25.8 Å². The number of benzene rings is 3. The molecule has 3 heterocycles. The van der Waals surface area contributed by atoms with Gasteiger partial charge in [-0.05, 0) is 53.3 Å². The summed E-state index contributed by atoms with van der Waals surface area (Å²) in [5, 5.41) is 10.6. The number of carbonyl (C=O) groups excluding carboxylic acids is 1. The van der Waals surface area contributed by atoms with E-state index in [9.17, 15) is 13.2 Å². The number of guanidine groups is 1. The minimum atomic E-state index is -3.41.